The van der Waals surface area contributed by atoms with Crippen LogP contribution in [0.3, 0.4) is 0 Å². The lowest BCUT2D eigenvalue weighted by Gasteiger charge is -2.13. The fourth-order valence-electron chi connectivity index (χ4n) is 3.36. The number of ether oxygens (including phenoxy) is 5. The molecule has 0 unspecified atom stereocenters. The third kappa shape index (κ3) is 5.38. The second kappa shape index (κ2) is 10.5. The highest BCUT2D eigenvalue weighted by atomic mass is 16.5. The Balaban J connectivity index is 1.37. The lowest BCUT2D eigenvalue weighted by Crippen LogP contribution is -2.11. The first-order valence-electron chi connectivity index (χ1n) is 10.5. The van der Waals surface area contributed by atoms with E-state index in [9.17, 15) is 0 Å². The van der Waals surface area contributed by atoms with Crippen LogP contribution in [-0.4, -0.2) is 39.5 Å². The highest BCUT2D eigenvalue weighted by molar-refractivity contribution is 5.88. The van der Waals surface area contributed by atoms with Gasteiger partial charge in [0.2, 0.25) is 0 Å². The molecule has 0 bridgehead atoms. The van der Waals surface area contributed by atoms with Gasteiger partial charge in [0.25, 0.3) is 0 Å². The maximum atomic E-state index is 6.11. The minimum absolute atomic E-state index is 0.522. The molecule has 33 heavy (non-hydrogen) atoms. The van der Waals surface area contributed by atoms with Crippen LogP contribution in [0.5, 0.6) is 34.5 Å². The van der Waals surface area contributed by atoms with E-state index in [1.165, 1.54) is 0 Å². The van der Waals surface area contributed by atoms with Crippen molar-refractivity contribution in [3.63, 3.8) is 0 Å². The number of hydrogen-bond donors (Lipinski definition) is 1. The molecule has 0 aliphatic heterocycles. The Morgan fingerprint density at radius 1 is 0.727 bits per heavy atom. The van der Waals surface area contributed by atoms with Gasteiger partial charge in [0.05, 0.1) is 26.8 Å². The second-order valence-electron chi connectivity index (χ2n) is 7.11. The molecule has 0 saturated carbocycles. The Bertz CT molecular complexity index is 1210. The van der Waals surface area contributed by atoms with Crippen LogP contribution >= 0.6 is 0 Å². The number of methoxy groups -OCH3 is 3. The second-order valence-corrected chi connectivity index (χ2v) is 7.11. The number of pyridine rings is 1. The zero-order chi connectivity index (χ0) is 23.0. The summed E-state index contributed by atoms with van der Waals surface area (Å²) in [5.74, 6) is 4.19. The van der Waals surface area contributed by atoms with Crippen LogP contribution in [0.15, 0.2) is 72.9 Å². The van der Waals surface area contributed by atoms with Gasteiger partial charge >= 0.3 is 0 Å². The predicted molar refractivity (Wildman–Crippen MR) is 128 cm³/mol. The summed E-state index contributed by atoms with van der Waals surface area (Å²) < 4.78 is 27.9. The lowest BCUT2D eigenvalue weighted by molar-refractivity contribution is 0.332. The van der Waals surface area contributed by atoms with E-state index in [-0.39, 0.29) is 0 Å². The summed E-state index contributed by atoms with van der Waals surface area (Å²) in [4.78, 5) is 4.41. The number of aromatic nitrogens is 1. The quantitative estimate of drug-likeness (QED) is 0.321. The average Bonchev–Trinajstić information content (AvgIpc) is 2.87. The van der Waals surface area contributed by atoms with Crippen LogP contribution in [0, 0.1) is 0 Å². The van der Waals surface area contributed by atoms with Crippen molar-refractivity contribution in [2.45, 2.75) is 0 Å². The van der Waals surface area contributed by atoms with Crippen molar-refractivity contribution in [1.82, 2.24) is 4.98 Å². The van der Waals surface area contributed by atoms with Crippen molar-refractivity contribution in [3.05, 3.63) is 72.9 Å². The topological polar surface area (TPSA) is 71.1 Å². The van der Waals surface area contributed by atoms with Gasteiger partial charge in [0.1, 0.15) is 29.6 Å². The van der Waals surface area contributed by atoms with Gasteiger partial charge in [-0.05, 0) is 48.5 Å². The van der Waals surface area contributed by atoms with E-state index in [4.69, 9.17) is 23.7 Å². The van der Waals surface area contributed by atoms with E-state index in [0.29, 0.717) is 36.1 Å². The molecular formula is C26H26N2O5. The number of nitrogens with one attached hydrogen (secondary N) is 1. The van der Waals surface area contributed by atoms with Crippen molar-refractivity contribution in [3.8, 4) is 34.5 Å². The molecule has 7 nitrogen and oxygen atoms in total. The highest BCUT2D eigenvalue weighted by Gasteiger charge is 2.11. The van der Waals surface area contributed by atoms with Crippen molar-refractivity contribution in [2.24, 2.45) is 0 Å². The highest BCUT2D eigenvalue weighted by Crippen LogP contribution is 2.37. The SMILES string of the molecule is COc1cccc(NCCOc2ccc(Oc3ccnc4cc(OC)c(OC)cc34)cc2)c1. The summed E-state index contributed by atoms with van der Waals surface area (Å²) in [5.41, 5.74) is 1.74. The van der Waals surface area contributed by atoms with Gasteiger partial charge in [0.15, 0.2) is 11.5 Å². The normalized spacial score (nSPS) is 10.5. The summed E-state index contributed by atoms with van der Waals surface area (Å²) in [6, 6.07) is 20.8. The Hall–Kier alpha value is -4.13. The number of nitrogens with zero attached hydrogens (tertiary/aromatic N) is 1. The molecule has 0 spiro atoms. The van der Waals surface area contributed by atoms with E-state index in [2.05, 4.69) is 10.3 Å². The van der Waals surface area contributed by atoms with E-state index in [1.54, 1.807) is 27.5 Å². The van der Waals surface area contributed by atoms with Gasteiger partial charge in [0, 0.05) is 35.9 Å². The standard InChI is InChI=1S/C26H26N2O5/c1-29-21-6-4-5-18(15-21)27-13-14-32-19-7-9-20(10-8-19)33-24-11-12-28-23-17-26(31-3)25(30-2)16-22(23)24/h4-12,15-17,27H,13-14H2,1-3H3. The molecule has 0 radical (unpaired) electrons. The Morgan fingerprint density at radius 3 is 2.24 bits per heavy atom. The van der Waals surface area contributed by atoms with Crippen LogP contribution < -0.4 is 29.0 Å². The average molecular weight is 447 g/mol. The molecule has 1 N–H and O–H groups in total. The van der Waals surface area contributed by atoms with Gasteiger partial charge in [-0.3, -0.25) is 4.98 Å². The minimum atomic E-state index is 0.522. The Kier molecular flexibility index (Phi) is 6.99. The molecular weight excluding hydrogens is 420 g/mol. The molecule has 4 aromatic rings. The van der Waals surface area contributed by atoms with Gasteiger partial charge in [-0.15, -0.1) is 0 Å². The van der Waals surface area contributed by atoms with Gasteiger partial charge in [-0.1, -0.05) is 6.07 Å². The number of rotatable bonds is 10. The van der Waals surface area contributed by atoms with Gasteiger partial charge in [-0.2, -0.15) is 0 Å². The third-order valence-electron chi connectivity index (χ3n) is 5.03. The molecule has 0 amide bonds. The molecule has 0 saturated heterocycles. The molecule has 0 aliphatic rings. The molecule has 0 atom stereocenters. The van der Waals surface area contributed by atoms with Crippen molar-refractivity contribution >= 4 is 16.6 Å². The first kappa shape index (κ1) is 22.1. The summed E-state index contributed by atoms with van der Waals surface area (Å²) in [5, 5.41) is 4.15. The summed E-state index contributed by atoms with van der Waals surface area (Å²) in [7, 11) is 4.86. The monoisotopic (exact) mass is 446 g/mol. The summed E-state index contributed by atoms with van der Waals surface area (Å²) in [6.45, 7) is 1.19. The largest absolute Gasteiger partial charge is 0.497 e. The molecule has 1 aromatic heterocycles. The van der Waals surface area contributed by atoms with Crippen LogP contribution in [0.25, 0.3) is 10.9 Å². The maximum Gasteiger partial charge on any atom is 0.162 e. The van der Waals surface area contributed by atoms with E-state index in [0.717, 1.165) is 28.1 Å². The van der Waals surface area contributed by atoms with Crippen LogP contribution in [0.1, 0.15) is 0 Å². The molecule has 170 valence electrons. The lowest BCUT2D eigenvalue weighted by atomic mass is 10.2. The third-order valence-corrected chi connectivity index (χ3v) is 5.03. The zero-order valence-corrected chi connectivity index (χ0v) is 18.8. The van der Waals surface area contributed by atoms with Crippen molar-refractivity contribution < 1.29 is 23.7 Å². The number of hydrogen-bond acceptors (Lipinski definition) is 7. The number of anilines is 1. The fourth-order valence-corrected chi connectivity index (χ4v) is 3.36. The molecule has 4 rings (SSSR count). The van der Waals surface area contributed by atoms with Crippen LogP contribution in [0.2, 0.25) is 0 Å². The van der Waals surface area contributed by atoms with E-state index >= 15 is 0 Å². The minimum Gasteiger partial charge on any atom is -0.497 e. The maximum absolute atomic E-state index is 6.11. The molecule has 0 aliphatic carbocycles. The molecule has 3 aromatic carbocycles. The van der Waals surface area contributed by atoms with E-state index in [1.807, 2.05) is 66.7 Å². The van der Waals surface area contributed by atoms with Crippen LogP contribution in [0.4, 0.5) is 5.69 Å². The zero-order valence-electron chi connectivity index (χ0n) is 18.8. The van der Waals surface area contributed by atoms with Gasteiger partial charge < -0.3 is 29.0 Å². The number of fused-ring (bicyclic) bond motifs is 1. The molecule has 7 heteroatoms. The first-order chi connectivity index (χ1) is 16.2. The van der Waals surface area contributed by atoms with Crippen molar-refractivity contribution in [2.75, 3.05) is 39.8 Å². The summed E-state index contributed by atoms with van der Waals surface area (Å²) in [6.07, 6.45) is 1.70. The fraction of sp³-hybridized carbons (Fsp3) is 0.192. The molecule has 1 heterocycles. The Labute approximate surface area is 192 Å². The smallest absolute Gasteiger partial charge is 0.162 e. The number of benzene rings is 3. The van der Waals surface area contributed by atoms with Gasteiger partial charge in [-0.25, -0.2) is 0 Å². The van der Waals surface area contributed by atoms with E-state index < -0.39 is 0 Å². The van der Waals surface area contributed by atoms with Crippen LogP contribution in [-0.2, 0) is 0 Å². The first-order valence-corrected chi connectivity index (χ1v) is 10.5. The summed E-state index contributed by atoms with van der Waals surface area (Å²) >= 11 is 0. The van der Waals surface area contributed by atoms with Crippen molar-refractivity contribution in [1.29, 1.82) is 0 Å². The predicted octanol–water partition coefficient (Wildman–Crippen LogP) is 5.54. The Morgan fingerprint density at radius 2 is 1.48 bits per heavy atom. The molecule has 0 fully saturated rings.